The molecule has 5 heteroatoms. The van der Waals surface area contributed by atoms with Crippen LogP contribution in [-0.2, 0) is 4.74 Å². The lowest BCUT2D eigenvalue weighted by atomic mass is 10.0. The third-order valence-corrected chi connectivity index (χ3v) is 3.29. The Bertz CT molecular complexity index is 615. The van der Waals surface area contributed by atoms with E-state index in [0.29, 0.717) is 12.5 Å². The third kappa shape index (κ3) is 4.58. The minimum absolute atomic E-state index is 0.376. The van der Waals surface area contributed by atoms with Crippen molar-refractivity contribution < 1.29 is 9.53 Å². The summed E-state index contributed by atoms with van der Waals surface area (Å²) < 4.78 is 5.39. The van der Waals surface area contributed by atoms with Gasteiger partial charge >= 0.3 is 6.09 Å². The van der Waals surface area contributed by atoms with E-state index in [0.717, 1.165) is 5.82 Å². The maximum Gasteiger partial charge on any atom is 0.418 e. The van der Waals surface area contributed by atoms with E-state index in [1.165, 1.54) is 10.5 Å². The number of carbonyl (C=O) groups is 1. The van der Waals surface area contributed by atoms with Gasteiger partial charge in [0.25, 0.3) is 0 Å². The summed E-state index contributed by atoms with van der Waals surface area (Å²) in [4.78, 5) is 20.1. The summed E-state index contributed by atoms with van der Waals surface area (Å²) in [6, 6.07) is 4.03. The molecule has 0 N–H and O–H groups in total. The van der Waals surface area contributed by atoms with E-state index in [1.54, 1.807) is 18.6 Å². The van der Waals surface area contributed by atoms with E-state index in [1.807, 2.05) is 44.0 Å². The van der Waals surface area contributed by atoms with Crippen molar-refractivity contribution in [1.29, 1.82) is 0 Å². The highest BCUT2D eigenvalue weighted by Gasteiger charge is 2.21. The molecule has 2 rings (SSSR count). The largest absolute Gasteiger partial charge is 0.443 e. The van der Waals surface area contributed by atoms with Gasteiger partial charge in [0.05, 0.1) is 0 Å². The highest BCUT2D eigenvalue weighted by molar-refractivity contribution is 5.71. The fourth-order valence-electron chi connectivity index (χ4n) is 2.23. The second-order valence-corrected chi connectivity index (χ2v) is 6.79. The average molecular weight is 315 g/mol. The maximum absolute atomic E-state index is 12.2. The average Bonchev–Trinajstić information content (AvgIpc) is 2.71. The number of amides is 1. The van der Waals surface area contributed by atoms with Crippen LogP contribution in [-0.4, -0.2) is 28.1 Å². The standard InChI is InChI=1S/C18H25N3O2/c1-14(2)15-8-6-9-19-16(15)20-10-7-11-21(13-12-20)17(22)23-18(3,4)5/h6-9,11-14H,10H2,1-5H3. The number of pyridine rings is 1. The first kappa shape index (κ1) is 17.1. The number of rotatable bonds is 2. The molecule has 1 aliphatic rings. The first-order valence-corrected chi connectivity index (χ1v) is 7.86. The molecule has 0 fully saturated rings. The van der Waals surface area contributed by atoms with Crippen LogP contribution in [0.1, 0.15) is 46.1 Å². The number of ether oxygens (including phenoxy) is 1. The smallest absolute Gasteiger partial charge is 0.418 e. The Labute approximate surface area is 138 Å². The maximum atomic E-state index is 12.2. The highest BCUT2D eigenvalue weighted by atomic mass is 16.6. The van der Waals surface area contributed by atoms with Crippen LogP contribution in [0, 0.1) is 0 Å². The van der Waals surface area contributed by atoms with E-state index in [9.17, 15) is 4.79 Å². The Morgan fingerprint density at radius 3 is 2.65 bits per heavy atom. The lowest BCUT2D eigenvalue weighted by molar-refractivity contribution is 0.0400. The van der Waals surface area contributed by atoms with Gasteiger partial charge in [0.15, 0.2) is 0 Å². The van der Waals surface area contributed by atoms with E-state index in [2.05, 4.69) is 24.9 Å². The monoisotopic (exact) mass is 315 g/mol. The predicted octanol–water partition coefficient (Wildman–Crippen LogP) is 4.25. The molecule has 0 saturated heterocycles. The summed E-state index contributed by atoms with van der Waals surface area (Å²) in [6.07, 6.45) is 8.60. The molecular formula is C18H25N3O2. The molecule has 0 unspecified atom stereocenters. The molecule has 5 nitrogen and oxygen atoms in total. The first-order valence-electron chi connectivity index (χ1n) is 7.86. The van der Waals surface area contributed by atoms with Gasteiger partial charge in [-0.05, 0) is 44.4 Å². The van der Waals surface area contributed by atoms with Crippen LogP contribution in [0.15, 0.2) is 43.0 Å². The Hall–Kier alpha value is -2.30. The molecular weight excluding hydrogens is 290 g/mol. The predicted molar refractivity (Wildman–Crippen MR) is 92.0 cm³/mol. The molecule has 23 heavy (non-hydrogen) atoms. The molecule has 124 valence electrons. The summed E-state index contributed by atoms with van der Waals surface area (Å²) in [5.41, 5.74) is 0.660. The van der Waals surface area contributed by atoms with Crippen molar-refractivity contribution in [3.8, 4) is 0 Å². The fourth-order valence-corrected chi connectivity index (χ4v) is 2.23. The van der Waals surface area contributed by atoms with Crippen molar-refractivity contribution in [3.63, 3.8) is 0 Å². The topological polar surface area (TPSA) is 45.7 Å². The van der Waals surface area contributed by atoms with Crippen molar-refractivity contribution in [3.05, 3.63) is 48.6 Å². The Balaban J connectivity index is 2.19. The van der Waals surface area contributed by atoms with Crippen molar-refractivity contribution in [2.24, 2.45) is 0 Å². The third-order valence-electron chi connectivity index (χ3n) is 3.29. The van der Waals surface area contributed by atoms with Gasteiger partial charge in [-0.25, -0.2) is 9.78 Å². The van der Waals surface area contributed by atoms with Crippen LogP contribution in [0.5, 0.6) is 0 Å². The summed E-state index contributed by atoms with van der Waals surface area (Å²) >= 11 is 0. The molecule has 0 spiro atoms. The lowest BCUT2D eigenvalue weighted by Crippen LogP contribution is -2.30. The zero-order chi connectivity index (χ0) is 17.0. The zero-order valence-corrected chi connectivity index (χ0v) is 14.5. The van der Waals surface area contributed by atoms with Crippen LogP contribution >= 0.6 is 0 Å². The Morgan fingerprint density at radius 1 is 1.26 bits per heavy atom. The molecule has 0 bridgehead atoms. The Morgan fingerprint density at radius 2 is 2.00 bits per heavy atom. The van der Waals surface area contributed by atoms with E-state index < -0.39 is 11.7 Å². The number of anilines is 1. The second-order valence-electron chi connectivity index (χ2n) is 6.79. The molecule has 1 aromatic rings. The number of carbonyl (C=O) groups excluding carboxylic acids is 1. The van der Waals surface area contributed by atoms with Gasteiger partial charge in [-0.1, -0.05) is 19.9 Å². The lowest BCUT2D eigenvalue weighted by Gasteiger charge is -2.23. The molecule has 1 aliphatic heterocycles. The van der Waals surface area contributed by atoms with Crippen molar-refractivity contribution in [1.82, 2.24) is 9.88 Å². The van der Waals surface area contributed by atoms with Crippen LogP contribution in [0.25, 0.3) is 0 Å². The molecule has 0 saturated carbocycles. The molecule has 0 atom stereocenters. The zero-order valence-electron chi connectivity index (χ0n) is 14.5. The number of hydrogen-bond donors (Lipinski definition) is 0. The van der Waals surface area contributed by atoms with Crippen LogP contribution in [0.3, 0.4) is 0 Å². The number of nitrogens with zero attached hydrogens (tertiary/aromatic N) is 3. The van der Waals surface area contributed by atoms with Gasteiger partial charge in [-0.15, -0.1) is 0 Å². The fraction of sp³-hybridized carbons (Fsp3) is 0.444. The van der Waals surface area contributed by atoms with Crippen LogP contribution < -0.4 is 4.90 Å². The molecule has 0 aliphatic carbocycles. The second kappa shape index (κ2) is 6.86. The first-order chi connectivity index (χ1) is 10.8. The molecule has 1 amide bonds. The molecule has 2 heterocycles. The summed E-state index contributed by atoms with van der Waals surface area (Å²) in [7, 11) is 0. The van der Waals surface area contributed by atoms with Gasteiger partial charge in [-0.3, -0.25) is 4.90 Å². The number of aromatic nitrogens is 1. The van der Waals surface area contributed by atoms with E-state index in [4.69, 9.17) is 4.74 Å². The summed E-state index contributed by atoms with van der Waals surface area (Å²) in [6.45, 7) is 10.5. The number of hydrogen-bond acceptors (Lipinski definition) is 4. The van der Waals surface area contributed by atoms with Crippen LogP contribution in [0.2, 0.25) is 0 Å². The summed E-state index contributed by atoms with van der Waals surface area (Å²) in [5.74, 6) is 1.29. The highest BCUT2D eigenvalue weighted by Crippen LogP contribution is 2.26. The van der Waals surface area contributed by atoms with Crippen molar-refractivity contribution in [2.45, 2.75) is 46.1 Å². The normalized spacial score (nSPS) is 15.0. The quantitative estimate of drug-likeness (QED) is 0.818. The summed E-state index contributed by atoms with van der Waals surface area (Å²) in [5, 5.41) is 0. The minimum Gasteiger partial charge on any atom is -0.443 e. The van der Waals surface area contributed by atoms with Crippen molar-refractivity contribution >= 4 is 11.9 Å². The van der Waals surface area contributed by atoms with Gasteiger partial charge in [-0.2, -0.15) is 0 Å². The minimum atomic E-state index is -0.517. The van der Waals surface area contributed by atoms with Crippen LogP contribution in [0.4, 0.5) is 10.6 Å². The van der Waals surface area contributed by atoms with Gasteiger partial charge in [0.2, 0.25) is 0 Å². The van der Waals surface area contributed by atoms with Gasteiger partial charge < -0.3 is 9.64 Å². The van der Waals surface area contributed by atoms with Gasteiger partial charge in [0, 0.05) is 31.3 Å². The van der Waals surface area contributed by atoms with E-state index in [-0.39, 0.29) is 0 Å². The molecule has 0 radical (unpaired) electrons. The Kier molecular flexibility index (Phi) is 5.08. The van der Waals surface area contributed by atoms with Crippen molar-refractivity contribution in [2.75, 3.05) is 11.4 Å². The van der Waals surface area contributed by atoms with Gasteiger partial charge in [0.1, 0.15) is 11.4 Å². The van der Waals surface area contributed by atoms with E-state index >= 15 is 0 Å². The molecule has 1 aromatic heterocycles. The molecule has 0 aromatic carbocycles. The SMILES string of the molecule is CC(C)c1cccnc1N1C=CN(C(=O)OC(C)(C)C)C=CC1.